The van der Waals surface area contributed by atoms with E-state index in [9.17, 15) is 9.59 Å². The van der Waals surface area contributed by atoms with Crippen LogP contribution in [-0.4, -0.2) is 42.6 Å². The Morgan fingerprint density at radius 3 is 2.58 bits per heavy atom. The van der Waals surface area contributed by atoms with Crippen molar-refractivity contribution in [3.63, 3.8) is 0 Å². The highest BCUT2D eigenvalue weighted by Crippen LogP contribution is 2.20. The van der Waals surface area contributed by atoms with Crippen molar-refractivity contribution in [2.45, 2.75) is 13.8 Å². The summed E-state index contributed by atoms with van der Waals surface area (Å²) in [5.41, 5.74) is 1.43. The molecular formula is C14H19NO4. The van der Waals surface area contributed by atoms with Crippen molar-refractivity contribution in [2.75, 3.05) is 20.7 Å². The molecule has 0 aliphatic carbocycles. The third kappa shape index (κ3) is 3.71. The van der Waals surface area contributed by atoms with Crippen LogP contribution in [-0.2, 0) is 4.79 Å². The number of methoxy groups -OCH3 is 1. The van der Waals surface area contributed by atoms with Gasteiger partial charge >= 0.3 is 5.97 Å². The molecular weight excluding hydrogens is 246 g/mol. The monoisotopic (exact) mass is 265 g/mol. The molecule has 1 amide bonds. The molecule has 0 radical (unpaired) electrons. The lowest BCUT2D eigenvalue weighted by Crippen LogP contribution is -2.33. The van der Waals surface area contributed by atoms with E-state index in [2.05, 4.69) is 0 Å². The van der Waals surface area contributed by atoms with Crippen molar-refractivity contribution in [3.05, 3.63) is 29.3 Å². The fraction of sp³-hybridized carbons (Fsp3) is 0.429. The van der Waals surface area contributed by atoms with Gasteiger partial charge in [-0.15, -0.1) is 0 Å². The van der Waals surface area contributed by atoms with Crippen LogP contribution in [0.5, 0.6) is 5.75 Å². The highest BCUT2D eigenvalue weighted by Gasteiger charge is 2.19. The molecule has 1 unspecified atom stereocenters. The highest BCUT2D eigenvalue weighted by atomic mass is 16.5. The second-order valence-electron chi connectivity index (χ2n) is 4.61. The molecule has 0 heterocycles. The summed E-state index contributed by atoms with van der Waals surface area (Å²) >= 11 is 0. The summed E-state index contributed by atoms with van der Waals surface area (Å²) in [6, 6.07) is 5.18. The van der Waals surface area contributed by atoms with E-state index in [1.165, 1.54) is 4.90 Å². The van der Waals surface area contributed by atoms with Crippen LogP contribution in [0.2, 0.25) is 0 Å². The molecule has 0 saturated heterocycles. The van der Waals surface area contributed by atoms with Crippen LogP contribution in [0, 0.1) is 12.8 Å². The molecule has 0 spiro atoms. The van der Waals surface area contributed by atoms with Gasteiger partial charge in [-0.3, -0.25) is 9.59 Å². The summed E-state index contributed by atoms with van der Waals surface area (Å²) in [6.45, 7) is 3.63. The van der Waals surface area contributed by atoms with Gasteiger partial charge in [0.05, 0.1) is 13.0 Å². The Hall–Kier alpha value is -2.04. The third-order valence-corrected chi connectivity index (χ3v) is 2.97. The number of ether oxygens (including phenoxy) is 1. The zero-order valence-corrected chi connectivity index (χ0v) is 11.6. The highest BCUT2D eigenvalue weighted by molar-refractivity contribution is 5.94. The number of aliphatic carboxylic acids is 1. The molecule has 1 aromatic carbocycles. The third-order valence-electron chi connectivity index (χ3n) is 2.97. The van der Waals surface area contributed by atoms with Gasteiger partial charge in [-0.05, 0) is 24.6 Å². The van der Waals surface area contributed by atoms with Gasteiger partial charge in [0.1, 0.15) is 5.75 Å². The van der Waals surface area contributed by atoms with Gasteiger partial charge in [0.15, 0.2) is 0 Å². The number of hydrogen-bond donors (Lipinski definition) is 1. The smallest absolute Gasteiger partial charge is 0.308 e. The molecule has 0 aromatic heterocycles. The van der Waals surface area contributed by atoms with Crippen LogP contribution in [0.4, 0.5) is 0 Å². The van der Waals surface area contributed by atoms with Gasteiger partial charge in [-0.1, -0.05) is 13.0 Å². The Morgan fingerprint density at radius 2 is 2.05 bits per heavy atom. The van der Waals surface area contributed by atoms with E-state index in [0.29, 0.717) is 11.3 Å². The number of carbonyl (C=O) groups is 2. The molecule has 0 saturated carbocycles. The Balaban J connectivity index is 2.85. The number of amides is 1. The summed E-state index contributed by atoms with van der Waals surface area (Å²) in [6.07, 6.45) is 0. The Bertz CT molecular complexity index is 484. The Labute approximate surface area is 112 Å². The molecule has 1 atom stereocenters. The van der Waals surface area contributed by atoms with E-state index in [1.54, 1.807) is 39.3 Å². The molecule has 0 fully saturated rings. The largest absolute Gasteiger partial charge is 0.496 e. The quantitative estimate of drug-likeness (QED) is 0.881. The first kappa shape index (κ1) is 15.0. The first-order chi connectivity index (χ1) is 8.86. The van der Waals surface area contributed by atoms with Crippen molar-refractivity contribution in [1.82, 2.24) is 4.90 Å². The summed E-state index contributed by atoms with van der Waals surface area (Å²) in [5, 5.41) is 8.84. The molecule has 0 aliphatic heterocycles. The molecule has 1 rings (SSSR count). The van der Waals surface area contributed by atoms with E-state index in [0.717, 1.165) is 5.56 Å². The minimum Gasteiger partial charge on any atom is -0.496 e. The van der Waals surface area contributed by atoms with E-state index in [-0.39, 0.29) is 12.5 Å². The fourth-order valence-corrected chi connectivity index (χ4v) is 1.75. The number of nitrogens with zero attached hydrogens (tertiary/aromatic N) is 1. The number of hydrogen-bond acceptors (Lipinski definition) is 3. The van der Waals surface area contributed by atoms with Crippen LogP contribution in [0.3, 0.4) is 0 Å². The number of rotatable bonds is 5. The number of aryl methyl sites for hydroxylation is 1. The summed E-state index contributed by atoms with van der Waals surface area (Å²) < 4.78 is 5.17. The normalized spacial score (nSPS) is 11.8. The van der Waals surface area contributed by atoms with Crippen molar-refractivity contribution in [2.24, 2.45) is 5.92 Å². The topological polar surface area (TPSA) is 66.8 Å². The van der Waals surface area contributed by atoms with Crippen LogP contribution in [0.15, 0.2) is 18.2 Å². The minimum absolute atomic E-state index is 0.171. The van der Waals surface area contributed by atoms with E-state index in [4.69, 9.17) is 9.84 Å². The number of carbonyl (C=O) groups excluding carboxylic acids is 1. The van der Waals surface area contributed by atoms with Gasteiger partial charge in [-0.25, -0.2) is 0 Å². The number of benzene rings is 1. The maximum Gasteiger partial charge on any atom is 0.308 e. The van der Waals surface area contributed by atoms with Crippen molar-refractivity contribution < 1.29 is 19.4 Å². The molecule has 19 heavy (non-hydrogen) atoms. The molecule has 0 bridgehead atoms. The summed E-state index contributed by atoms with van der Waals surface area (Å²) in [7, 11) is 3.14. The maximum atomic E-state index is 12.2. The van der Waals surface area contributed by atoms with Gasteiger partial charge in [0.25, 0.3) is 5.91 Å². The summed E-state index contributed by atoms with van der Waals surface area (Å²) in [4.78, 5) is 24.3. The van der Waals surface area contributed by atoms with Gasteiger partial charge in [0, 0.05) is 19.2 Å². The van der Waals surface area contributed by atoms with Crippen LogP contribution < -0.4 is 4.74 Å². The van der Waals surface area contributed by atoms with Crippen LogP contribution in [0.1, 0.15) is 22.8 Å². The first-order valence-electron chi connectivity index (χ1n) is 5.99. The number of carboxylic acid groups (broad SMARTS) is 1. The SMILES string of the molecule is COc1cc(C(=O)N(C)CC(C)C(=O)O)ccc1C. The molecule has 5 heteroatoms. The molecule has 1 aromatic rings. The predicted molar refractivity (Wildman–Crippen MR) is 71.5 cm³/mol. The second-order valence-corrected chi connectivity index (χ2v) is 4.61. The standard InChI is InChI=1S/C14H19NO4/c1-9-5-6-11(7-12(9)19-4)13(16)15(3)8-10(2)14(17)18/h5-7,10H,8H2,1-4H3,(H,17,18). The van der Waals surface area contributed by atoms with Gasteiger partial charge in [0.2, 0.25) is 0 Å². The average molecular weight is 265 g/mol. The molecule has 104 valence electrons. The van der Waals surface area contributed by atoms with E-state index >= 15 is 0 Å². The average Bonchev–Trinajstić information content (AvgIpc) is 2.38. The van der Waals surface area contributed by atoms with Crippen LogP contribution >= 0.6 is 0 Å². The predicted octanol–water partition coefficient (Wildman–Crippen LogP) is 1.80. The van der Waals surface area contributed by atoms with Crippen LogP contribution in [0.25, 0.3) is 0 Å². The molecule has 5 nitrogen and oxygen atoms in total. The second kappa shape index (κ2) is 6.22. The van der Waals surface area contributed by atoms with Crippen molar-refractivity contribution in [1.29, 1.82) is 0 Å². The van der Waals surface area contributed by atoms with E-state index in [1.807, 2.05) is 6.92 Å². The van der Waals surface area contributed by atoms with Crippen molar-refractivity contribution >= 4 is 11.9 Å². The lowest BCUT2D eigenvalue weighted by Gasteiger charge is -2.20. The minimum atomic E-state index is -0.916. The van der Waals surface area contributed by atoms with Crippen molar-refractivity contribution in [3.8, 4) is 5.75 Å². The van der Waals surface area contributed by atoms with E-state index < -0.39 is 11.9 Å². The maximum absolute atomic E-state index is 12.2. The zero-order chi connectivity index (χ0) is 14.6. The zero-order valence-electron chi connectivity index (χ0n) is 11.6. The first-order valence-corrected chi connectivity index (χ1v) is 5.99. The summed E-state index contributed by atoms with van der Waals surface area (Å²) in [5.74, 6) is -1.08. The Kier molecular flexibility index (Phi) is 4.92. The van der Waals surface area contributed by atoms with Gasteiger partial charge in [-0.2, -0.15) is 0 Å². The fourth-order valence-electron chi connectivity index (χ4n) is 1.75. The van der Waals surface area contributed by atoms with Gasteiger partial charge < -0.3 is 14.7 Å². The molecule has 0 aliphatic rings. The Morgan fingerprint density at radius 1 is 1.42 bits per heavy atom. The lowest BCUT2D eigenvalue weighted by atomic mass is 10.1. The lowest BCUT2D eigenvalue weighted by molar-refractivity contribution is -0.141. The molecule has 1 N–H and O–H groups in total. The number of carboxylic acids is 1.